The first-order chi connectivity index (χ1) is 30.1. The number of para-hydroxylation sites is 1. The largest absolute Gasteiger partial charge is 0.310 e. The number of benzene rings is 9. The van der Waals surface area contributed by atoms with Crippen molar-refractivity contribution in [2.75, 3.05) is 4.90 Å². The zero-order valence-corrected chi connectivity index (χ0v) is 36.8. The normalized spacial score (nSPS) is 14.6. The summed E-state index contributed by atoms with van der Waals surface area (Å²) in [7, 11) is 0. The van der Waals surface area contributed by atoms with Crippen LogP contribution in [0.25, 0.3) is 43.8 Å². The van der Waals surface area contributed by atoms with Crippen molar-refractivity contribution in [1.29, 1.82) is 0 Å². The van der Waals surface area contributed by atoms with Crippen LogP contribution in [0.15, 0.2) is 182 Å². The summed E-state index contributed by atoms with van der Waals surface area (Å²) in [5.41, 5.74) is 21.2. The highest BCUT2D eigenvalue weighted by atomic mass is 15.1. The molecule has 0 bridgehead atoms. The molecule has 302 valence electrons. The molecule has 0 saturated heterocycles. The Hall–Kier alpha value is -6.70. The van der Waals surface area contributed by atoms with E-state index in [1.165, 1.54) is 105 Å². The van der Waals surface area contributed by atoms with E-state index in [2.05, 4.69) is 228 Å². The van der Waals surface area contributed by atoms with Crippen LogP contribution < -0.4 is 4.90 Å². The van der Waals surface area contributed by atoms with Gasteiger partial charge in [0.05, 0.1) is 5.69 Å². The molecule has 0 amide bonds. The van der Waals surface area contributed by atoms with Gasteiger partial charge in [-0.05, 0) is 152 Å². The fourth-order valence-corrected chi connectivity index (χ4v) is 11.3. The van der Waals surface area contributed by atoms with Gasteiger partial charge in [0, 0.05) is 33.5 Å². The van der Waals surface area contributed by atoms with Gasteiger partial charge in [-0.25, -0.2) is 0 Å². The maximum Gasteiger partial charge on any atom is 0.0543 e. The van der Waals surface area contributed by atoms with Crippen LogP contribution in [0, 0.1) is 13.8 Å². The number of hydrogen-bond acceptors (Lipinski definition) is 1. The molecule has 2 aliphatic carbocycles. The van der Waals surface area contributed by atoms with Crippen molar-refractivity contribution in [2.45, 2.75) is 71.1 Å². The summed E-state index contributed by atoms with van der Waals surface area (Å²) in [5, 5.41) is 5.32. The van der Waals surface area contributed by atoms with E-state index in [9.17, 15) is 0 Å². The van der Waals surface area contributed by atoms with Gasteiger partial charge in [-0.15, -0.1) is 0 Å². The molecule has 0 aliphatic heterocycles. The summed E-state index contributed by atoms with van der Waals surface area (Å²) in [5.74, 6) is 0.325. The summed E-state index contributed by atoms with van der Waals surface area (Å²) in [6.07, 6.45) is 2.05. The lowest BCUT2D eigenvalue weighted by atomic mass is 9.78. The minimum absolute atomic E-state index is 0.175. The molecule has 1 heteroatoms. The predicted molar refractivity (Wildman–Crippen MR) is 264 cm³/mol. The molecule has 11 rings (SSSR count). The molecule has 1 nitrogen and oxygen atoms in total. The first-order valence-corrected chi connectivity index (χ1v) is 22.4. The number of aryl methyl sites for hydroxylation is 3. The highest BCUT2D eigenvalue weighted by molar-refractivity contribution is 6.11. The Morgan fingerprint density at radius 3 is 1.55 bits per heavy atom. The van der Waals surface area contributed by atoms with Crippen molar-refractivity contribution in [1.82, 2.24) is 0 Å². The monoisotopic (exact) mass is 799 g/mol. The standard InChI is InChI=1S/C61H53N/c1-39-19-17-23-42(33-39)46(41-21-9-7-10-22-41)32-31-43-35-55-58(49-29-15-13-27-47(43)49)51-36-54-52(37-53(51)60(55,3)4)59-50-30-16-14-28-48(50)57(38-56(59)61(54,5)6)62(44-24-11-8-12-25-44)45-26-18-20-40(2)34-45/h7-30,33-38,46H,31-32H2,1-6H3. The first kappa shape index (κ1) is 38.2. The van der Waals surface area contributed by atoms with Gasteiger partial charge in [0.2, 0.25) is 0 Å². The summed E-state index contributed by atoms with van der Waals surface area (Å²) in [4.78, 5) is 2.46. The number of fused-ring (bicyclic) bond motifs is 10. The van der Waals surface area contributed by atoms with Crippen LogP contribution in [0.2, 0.25) is 0 Å². The molecule has 9 aromatic carbocycles. The Kier molecular flexibility index (Phi) is 8.92. The third kappa shape index (κ3) is 5.97. The minimum atomic E-state index is -0.224. The van der Waals surface area contributed by atoms with E-state index in [1.807, 2.05) is 0 Å². The van der Waals surface area contributed by atoms with Crippen molar-refractivity contribution in [3.05, 3.63) is 232 Å². The molecule has 0 radical (unpaired) electrons. The van der Waals surface area contributed by atoms with Gasteiger partial charge in [-0.3, -0.25) is 0 Å². The molecule has 1 unspecified atom stereocenters. The minimum Gasteiger partial charge on any atom is -0.310 e. The van der Waals surface area contributed by atoms with E-state index in [0.29, 0.717) is 5.92 Å². The second-order valence-corrected chi connectivity index (χ2v) is 19.0. The number of nitrogens with zero attached hydrogens (tertiary/aromatic N) is 1. The second-order valence-electron chi connectivity index (χ2n) is 19.0. The van der Waals surface area contributed by atoms with Crippen LogP contribution in [-0.2, 0) is 17.3 Å². The fraction of sp³-hybridized carbons (Fsp3) is 0.180. The Morgan fingerprint density at radius 1 is 0.419 bits per heavy atom. The van der Waals surface area contributed by atoms with Gasteiger partial charge in [-0.1, -0.05) is 173 Å². The maximum atomic E-state index is 2.59. The van der Waals surface area contributed by atoms with E-state index < -0.39 is 0 Å². The third-order valence-electron chi connectivity index (χ3n) is 14.4. The van der Waals surface area contributed by atoms with E-state index in [0.717, 1.165) is 18.5 Å². The summed E-state index contributed by atoms with van der Waals surface area (Å²) >= 11 is 0. The quantitative estimate of drug-likeness (QED) is 0.148. The molecule has 0 spiro atoms. The molecule has 0 saturated carbocycles. The van der Waals surface area contributed by atoms with E-state index in [-0.39, 0.29) is 10.8 Å². The average Bonchev–Trinajstić information content (AvgIpc) is 3.65. The second kappa shape index (κ2) is 14.5. The molecule has 2 aliphatic rings. The molecule has 0 fully saturated rings. The summed E-state index contributed by atoms with van der Waals surface area (Å²) in [6, 6.07) is 68.6. The topological polar surface area (TPSA) is 3.24 Å². The van der Waals surface area contributed by atoms with Crippen molar-refractivity contribution in [2.24, 2.45) is 0 Å². The third-order valence-corrected chi connectivity index (χ3v) is 14.4. The zero-order chi connectivity index (χ0) is 42.3. The van der Waals surface area contributed by atoms with Crippen molar-refractivity contribution in [3.8, 4) is 22.3 Å². The Morgan fingerprint density at radius 2 is 0.919 bits per heavy atom. The zero-order valence-electron chi connectivity index (χ0n) is 36.8. The van der Waals surface area contributed by atoms with E-state index in [4.69, 9.17) is 0 Å². The Labute approximate surface area is 367 Å². The highest BCUT2D eigenvalue weighted by Gasteiger charge is 2.43. The molecule has 62 heavy (non-hydrogen) atoms. The lowest BCUT2D eigenvalue weighted by Crippen LogP contribution is -2.18. The van der Waals surface area contributed by atoms with Crippen LogP contribution >= 0.6 is 0 Å². The molecular formula is C61H53N. The highest BCUT2D eigenvalue weighted by Crippen LogP contribution is 2.60. The Bertz CT molecular complexity index is 3200. The molecular weight excluding hydrogens is 747 g/mol. The van der Waals surface area contributed by atoms with Crippen molar-refractivity contribution >= 4 is 38.6 Å². The van der Waals surface area contributed by atoms with Gasteiger partial charge in [0.15, 0.2) is 0 Å². The Balaban J connectivity index is 1.06. The van der Waals surface area contributed by atoms with Crippen LogP contribution in [0.5, 0.6) is 0 Å². The van der Waals surface area contributed by atoms with Crippen LogP contribution in [0.1, 0.15) is 90.1 Å². The number of rotatable bonds is 8. The van der Waals surface area contributed by atoms with Crippen LogP contribution in [0.3, 0.4) is 0 Å². The van der Waals surface area contributed by atoms with Gasteiger partial charge in [-0.2, -0.15) is 0 Å². The smallest absolute Gasteiger partial charge is 0.0543 e. The summed E-state index contributed by atoms with van der Waals surface area (Å²) < 4.78 is 0. The summed E-state index contributed by atoms with van der Waals surface area (Å²) in [6.45, 7) is 14.2. The fourth-order valence-electron chi connectivity index (χ4n) is 11.3. The number of hydrogen-bond donors (Lipinski definition) is 0. The molecule has 9 aromatic rings. The van der Waals surface area contributed by atoms with E-state index >= 15 is 0 Å². The molecule has 0 aromatic heterocycles. The van der Waals surface area contributed by atoms with Crippen LogP contribution in [-0.4, -0.2) is 0 Å². The van der Waals surface area contributed by atoms with Crippen LogP contribution in [0.4, 0.5) is 17.1 Å². The lowest BCUT2D eigenvalue weighted by molar-refractivity contribution is 0.651. The predicted octanol–water partition coefficient (Wildman–Crippen LogP) is 16.5. The molecule has 1 atom stereocenters. The maximum absolute atomic E-state index is 2.59. The lowest BCUT2D eigenvalue weighted by Gasteiger charge is -2.30. The molecule has 0 heterocycles. The van der Waals surface area contributed by atoms with Gasteiger partial charge in [0.25, 0.3) is 0 Å². The van der Waals surface area contributed by atoms with Gasteiger partial charge < -0.3 is 4.90 Å². The average molecular weight is 800 g/mol. The van der Waals surface area contributed by atoms with Gasteiger partial charge >= 0.3 is 0 Å². The SMILES string of the molecule is Cc1cccc(C(CCc2cc3c(c4ccccc24)-c2cc4c(cc2C3(C)C)-c2c(cc(N(c3ccccc3)c3cccc(C)c3)c3ccccc23)C4(C)C)c2ccccc2)c1. The van der Waals surface area contributed by atoms with Crippen molar-refractivity contribution in [3.63, 3.8) is 0 Å². The van der Waals surface area contributed by atoms with E-state index in [1.54, 1.807) is 0 Å². The number of anilines is 3. The van der Waals surface area contributed by atoms with Crippen molar-refractivity contribution < 1.29 is 0 Å². The first-order valence-electron chi connectivity index (χ1n) is 22.4. The van der Waals surface area contributed by atoms with Gasteiger partial charge in [0.1, 0.15) is 0 Å². The molecule has 0 N–H and O–H groups in total.